The highest BCUT2D eigenvalue weighted by Crippen LogP contribution is 2.13. The maximum absolute atomic E-state index is 9.01. The molecule has 3 heteroatoms. The quantitative estimate of drug-likeness (QED) is 0.594. The first kappa shape index (κ1) is 13.9. The van der Waals surface area contributed by atoms with Crippen LogP contribution in [0.3, 0.4) is 0 Å². The Morgan fingerprint density at radius 1 is 1.29 bits per heavy atom. The Kier molecular flexibility index (Phi) is 7.15. The van der Waals surface area contributed by atoms with E-state index in [1.807, 2.05) is 0 Å². The van der Waals surface area contributed by atoms with E-state index >= 15 is 0 Å². The summed E-state index contributed by atoms with van der Waals surface area (Å²) in [5.41, 5.74) is 0. The van der Waals surface area contributed by atoms with E-state index in [4.69, 9.17) is 14.9 Å². The predicted octanol–water partition coefficient (Wildman–Crippen LogP) is 1.92. The van der Waals surface area contributed by atoms with Crippen molar-refractivity contribution in [2.45, 2.75) is 52.2 Å². The lowest BCUT2D eigenvalue weighted by Gasteiger charge is -2.19. The van der Waals surface area contributed by atoms with Gasteiger partial charge in [-0.25, -0.2) is 0 Å². The maximum Gasteiger partial charge on any atom is 0.183 e. The molecule has 0 bridgehead atoms. The van der Waals surface area contributed by atoms with Crippen molar-refractivity contribution >= 4 is 0 Å². The first-order valence-electron chi connectivity index (χ1n) is 5.52. The summed E-state index contributed by atoms with van der Waals surface area (Å²) in [5, 5.41) is 18.0. The molecule has 86 valence electrons. The third-order valence-electron chi connectivity index (χ3n) is 2.27. The molecule has 0 radical (unpaired) electrons. The SMILES string of the molecule is CCCC[C@@H](CC)COCC(C)(O)O. The second kappa shape index (κ2) is 7.21. The molecular weight excluding hydrogens is 180 g/mol. The minimum atomic E-state index is -1.69. The average Bonchev–Trinajstić information content (AvgIpc) is 2.09. The van der Waals surface area contributed by atoms with Gasteiger partial charge < -0.3 is 14.9 Å². The number of hydrogen-bond donors (Lipinski definition) is 2. The predicted molar refractivity (Wildman–Crippen MR) is 57.0 cm³/mol. The number of aliphatic hydroxyl groups is 2. The van der Waals surface area contributed by atoms with Gasteiger partial charge in [0.05, 0.1) is 6.61 Å². The van der Waals surface area contributed by atoms with Crippen LogP contribution in [0.15, 0.2) is 0 Å². The lowest BCUT2D eigenvalue weighted by atomic mass is 10.0. The summed E-state index contributed by atoms with van der Waals surface area (Å²) < 4.78 is 5.25. The summed E-state index contributed by atoms with van der Waals surface area (Å²) in [5.74, 6) is -1.14. The van der Waals surface area contributed by atoms with Crippen LogP contribution in [0.4, 0.5) is 0 Å². The molecule has 0 aliphatic rings. The zero-order valence-corrected chi connectivity index (χ0v) is 9.62. The number of unbranched alkanes of at least 4 members (excludes halogenated alkanes) is 1. The fourth-order valence-corrected chi connectivity index (χ4v) is 1.32. The number of rotatable bonds is 8. The monoisotopic (exact) mass is 204 g/mol. The summed E-state index contributed by atoms with van der Waals surface area (Å²) in [4.78, 5) is 0. The van der Waals surface area contributed by atoms with Gasteiger partial charge in [-0.15, -0.1) is 0 Å². The van der Waals surface area contributed by atoms with Gasteiger partial charge >= 0.3 is 0 Å². The first-order chi connectivity index (χ1) is 6.49. The van der Waals surface area contributed by atoms with Gasteiger partial charge in [-0.2, -0.15) is 0 Å². The Labute approximate surface area is 87.1 Å². The molecule has 0 saturated heterocycles. The van der Waals surface area contributed by atoms with Crippen LogP contribution in [0.1, 0.15) is 46.5 Å². The van der Waals surface area contributed by atoms with Crippen molar-refractivity contribution in [1.82, 2.24) is 0 Å². The molecule has 3 nitrogen and oxygen atoms in total. The maximum atomic E-state index is 9.01. The molecule has 0 saturated carbocycles. The Morgan fingerprint density at radius 3 is 2.36 bits per heavy atom. The minimum absolute atomic E-state index is 0.00434. The zero-order valence-electron chi connectivity index (χ0n) is 9.62. The molecule has 0 fully saturated rings. The number of hydrogen-bond acceptors (Lipinski definition) is 3. The van der Waals surface area contributed by atoms with Gasteiger partial charge in [-0.05, 0) is 19.3 Å². The van der Waals surface area contributed by atoms with Crippen LogP contribution >= 0.6 is 0 Å². The van der Waals surface area contributed by atoms with Crippen LogP contribution in [0.5, 0.6) is 0 Å². The highest BCUT2D eigenvalue weighted by molar-refractivity contribution is 4.58. The summed E-state index contributed by atoms with van der Waals surface area (Å²) >= 11 is 0. The molecule has 0 aliphatic carbocycles. The van der Waals surface area contributed by atoms with Crippen LogP contribution in [0.2, 0.25) is 0 Å². The summed E-state index contributed by atoms with van der Waals surface area (Å²) in [6.07, 6.45) is 4.68. The van der Waals surface area contributed by atoms with Crippen LogP contribution in [-0.2, 0) is 4.74 Å². The fourth-order valence-electron chi connectivity index (χ4n) is 1.32. The van der Waals surface area contributed by atoms with Gasteiger partial charge in [0.1, 0.15) is 0 Å². The van der Waals surface area contributed by atoms with Gasteiger partial charge in [-0.1, -0.05) is 33.1 Å². The fraction of sp³-hybridized carbons (Fsp3) is 1.00. The zero-order chi connectivity index (χ0) is 11.0. The van der Waals surface area contributed by atoms with E-state index in [-0.39, 0.29) is 6.61 Å². The molecule has 0 aromatic heterocycles. The molecule has 0 aromatic rings. The molecule has 0 aliphatic heterocycles. The molecule has 2 N–H and O–H groups in total. The van der Waals surface area contributed by atoms with Crippen LogP contribution in [0, 0.1) is 5.92 Å². The van der Waals surface area contributed by atoms with E-state index in [9.17, 15) is 0 Å². The molecule has 1 atom stereocenters. The van der Waals surface area contributed by atoms with E-state index < -0.39 is 5.79 Å². The lowest BCUT2D eigenvalue weighted by molar-refractivity contribution is -0.186. The Morgan fingerprint density at radius 2 is 1.93 bits per heavy atom. The van der Waals surface area contributed by atoms with Gasteiger partial charge in [0.25, 0.3) is 0 Å². The van der Waals surface area contributed by atoms with Crippen molar-refractivity contribution in [1.29, 1.82) is 0 Å². The molecular formula is C11H24O3. The van der Waals surface area contributed by atoms with E-state index in [1.54, 1.807) is 0 Å². The normalized spacial score (nSPS) is 14.4. The van der Waals surface area contributed by atoms with Gasteiger partial charge in [-0.3, -0.25) is 0 Å². The third-order valence-corrected chi connectivity index (χ3v) is 2.27. The van der Waals surface area contributed by atoms with Crippen LogP contribution in [-0.4, -0.2) is 29.2 Å². The largest absolute Gasteiger partial charge is 0.376 e. The van der Waals surface area contributed by atoms with Crippen molar-refractivity contribution in [2.75, 3.05) is 13.2 Å². The van der Waals surface area contributed by atoms with Crippen molar-refractivity contribution in [2.24, 2.45) is 5.92 Å². The molecule has 0 unspecified atom stereocenters. The first-order valence-corrected chi connectivity index (χ1v) is 5.52. The summed E-state index contributed by atoms with van der Waals surface area (Å²) in [6, 6.07) is 0. The van der Waals surface area contributed by atoms with E-state index in [0.29, 0.717) is 12.5 Å². The molecule has 14 heavy (non-hydrogen) atoms. The number of ether oxygens (including phenoxy) is 1. The molecule has 0 aromatic carbocycles. The molecule has 0 amide bonds. The van der Waals surface area contributed by atoms with Crippen molar-refractivity contribution in [3.8, 4) is 0 Å². The average molecular weight is 204 g/mol. The Balaban J connectivity index is 3.52. The van der Waals surface area contributed by atoms with E-state index in [1.165, 1.54) is 26.2 Å². The standard InChI is InChI=1S/C11H24O3/c1-4-6-7-10(5-2)8-14-9-11(3,12)13/h10,12-13H,4-9H2,1-3H3/t10-/m1/s1. The van der Waals surface area contributed by atoms with Gasteiger partial charge in [0.15, 0.2) is 5.79 Å². The second-order valence-corrected chi connectivity index (χ2v) is 4.15. The van der Waals surface area contributed by atoms with E-state index in [2.05, 4.69) is 13.8 Å². The molecule has 0 heterocycles. The minimum Gasteiger partial charge on any atom is -0.376 e. The van der Waals surface area contributed by atoms with Gasteiger partial charge in [0.2, 0.25) is 0 Å². The summed E-state index contributed by atoms with van der Waals surface area (Å²) in [6.45, 7) is 6.27. The molecule has 0 spiro atoms. The highest BCUT2D eigenvalue weighted by atomic mass is 16.6. The smallest absolute Gasteiger partial charge is 0.183 e. The van der Waals surface area contributed by atoms with Crippen molar-refractivity contribution < 1.29 is 14.9 Å². The van der Waals surface area contributed by atoms with Crippen molar-refractivity contribution in [3.05, 3.63) is 0 Å². The Hall–Kier alpha value is -0.120. The third kappa shape index (κ3) is 8.48. The van der Waals surface area contributed by atoms with Crippen LogP contribution in [0.25, 0.3) is 0 Å². The highest BCUT2D eigenvalue weighted by Gasteiger charge is 2.16. The lowest BCUT2D eigenvalue weighted by Crippen LogP contribution is -2.30. The second-order valence-electron chi connectivity index (χ2n) is 4.15. The Bertz CT molecular complexity index is 129. The van der Waals surface area contributed by atoms with Crippen LogP contribution < -0.4 is 0 Å². The van der Waals surface area contributed by atoms with Crippen molar-refractivity contribution in [3.63, 3.8) is 0 Å². The summed E-state index contributed by atoms with van der Waals surface area (Å²) in [7, 11) is 0. The van der Waals surface area contributed by atoms with E-state index in [0.717, 1.165) is 6.42 Å². The topological polar surface area (TPSA) is 49.7 Å². The van der Waals surface area contributed by atoms with Gasteiger partial charge in [0, 0.05) is 6.61 Å². The molecule has 0 rings (SSSR count).